The minimum atomic E-state index is 0.296. The summed E-state index contributed by atoms with van der Waals surface area (Å²) < 4.78 is 7.28. The molecule has 0 radical (unpaired) electrons. The van der Waals surface area contributed by atoms with Crippen LogP contribution in [0.3, 0.4) is 0 Å². The third-order valence-electron chi connectivity index (χ3n) is 2.40. The lowest BCUT2D eigenvalue weighted by Gasteiger charge is -2.10. The quantitative estimate of drug-likeness (QED) is 0.936. The van der Waals surface area contributed by atoms with E-state index >= 15 is 0 Å². The molecular weight excluding hydrogens is 287 g/mol. The molecule has 2 heterocycles. The van der Waals surface area contributed by atoms with Gasteiger partial charge in [-0.05, 0) is 19.9 Å². The van der Waals surface area contributed by atoms with Gasteiger partial charge in [0.1, 0.15) is 10.8 Å². The van der Waals surface area contributed by atoms with Gasteiger partial charge in [-0.2, -0.15) is 10.1 Å². The van der Waals surface area contributed by atoms with E-state index in [1.54, 1.807) is 23.9 Å². The first kappa shape index (κ1) is 14.0. The summed E-state index contributed by atoms with van der Waals surface area (Å²) in [4.78, 5) is 4.27. The second kappa shape index (κ2) is 5.67. The highest BCUT2D eigenvalue weighted by molar-refractivity contribution is 6.36. The third-order valence-corrected chi connectivity index (χ3v) is 2.96. The first-order chi connectivity index (χ1) is 9.01. The highest BCUT2D eigenvalue weighted by Gasteiger charge is 2.13. The van der Waals surface area contributed by atoms with Crippen LogP contribution in [-0.2, 0) is 7.05 Å². The first-order valence-corrected chi connectivity index (χ1v) is 6.55. The fraction of sp³-hybridized carbons (Fsp3) is 0.333. The molecule has 5 nitrogen and oxygen atoms in total. The van der Waals surface area contributed by atoms with Crippen LogP contribution in [0.1, 0.15) is 12.6 Å². The van der Waals surface area contributed by atoms with E-state index in [0.29, 0.717) is 34.2 Å². The Balaban J connectivity index is 2.34. The van der Waals surface area contributed by atoms with Crippen molar-refractivity contribution in [1.82, 2.24) is 14.8 Å². The molecule has 0 bridgehead atoms. The molecule has 0 aromatic carbocycles. The standard InChI is InChI=1S/C12H14Cl2N4O/c1-4-15-11-8(13)6-9(14)12(16-11)19-10-5-7(2)17-18(10)3/h5-6H,4H2,1-3H3,(H,15,16). The van der Waals surface area contributed by atoms with Gasteiger partial charge in [0.05, 0.1) is 10.7 Å². The zero-order valence-electron chi connectivity index (χ0n) is 10.9. The zero-order chi connectivity index (χ0) is 14.0. The third kappa shape index (κ3) is 3.11. The SMILES string of the molecule is CCNc1nc(Oc2cc(C)nn2C)c(Cl)cc1Cl. The Hall–Kier alpha value is -1.46. The van der Waals surface area contributed by atoms with Crippen LogP contribution < -0.4 is 10.1 Å². The Morgan fingerprint density at radius 2 is 2.05 bits per heavy atom. The van der Waals surface area contributed by atoms with Crippen LogP contribution in [0.5, 0.6) is 11.8 Å². The molecule has 102 valence electrons. The lowest BCUT2D eigenvalue weighted by Crippen LogP contribution is -2.02. The lowest BCUT2D eigenvalue weighted by molar-refractivity contribution is 0.416. The van der Waals surface area contributed by atoms with Gasteiger partial charge in [-0.25, -0.2) is 4.68 Å². The summed E-state index contributed by atoms with van der Waals surface area (Å²) in [7, 11) is 1.79. The van der Waals surface area contributed by atoms with E-state index in [2.05, 4.69) is 15.4 Å². The summed E-state index contributed by atoms with van der Waals surface area (Å²) in [5.74, 6) is 1.41. The van der Waals surface area contributed by atoms with Crippen molar-refractivity contribution in [2.24, 2.45) is 7.05 Å². The molecule has 2 aromatic rings. The molecule has 0 amide bonds. The van der Waals surface area contributed by atoms with Crippen molar-refractivity contribution in [2.75, 3.05) is 11.9 Å². The summed E-state index contributed by atoms with van der Waals surface area (Å²) in [5, 5.41) is 8.05. The molecule has 2 aromatic heterocycles. The molecule has 0 spiro atoms. The van der Waals surface area contributed by atoms with Crippen LogP contribution in [0.15, 0.2) is 12.1 Å². The van der Waals surface area contributed by atoms with Crippen LogP contribution in [0.25, 0.3) is 0 Å². The number of pyridine rings is 1. The normalized spacial score (nSPS) is 10.6. The van der Waals surface area contributed by atoms with Crippen molar-refractivity contribution in [3.05, 3.63) is 27.9 Å². The van der Waals surface area contributed by atoms with Crippen molar-refractivity contribution < 1.29 is 4.74 Å². The Labute approximate surface area is 121 Å². The van der Waals surface area contributed by atoms with Crippen LogP contribution in [0, 0.1) is 6.92 Å². The summed E-state index contributed by atoms with van der Waals surface area (Å²) >= 11 is 12.1. The Morgan fingerprint density at radius 1 is 1.32 bits per heavy atom. The van der Waals surface area contributed by atoms with Gasteiger partial charge in [0.15, 0.2) is 0 Å². The van der Waals surface area contributed by atoms with E-state index in [-0.39, 0.29) is 0 Å². The lowest BCUT2D eigenvalue weighted by atomic mass is 10.4. The van der Waals surface area contributed by atoms with Gasteiger partial charge in [-0.1, -0.05) is 23.2 Å². The average molecular weight is 301 g/mol. The molecule has 7 heteroatoms. The summed E-state index contributed by atoms with van der Waals surface area (Å²) in [6, 6.07) is 3.41. The zero-order valence-corrected chi connectivity index (χ0v) is 12.4. The minimum Gasteiger partial charge on any atom is -0.419 e. The fourth-order valence-corrected chi connectivity index (χ4v) is 2.06. The maximum Gasteiger partial charge on any atom is 0.242 e. The topological polar surface area (TPSA) is 52.0 Å². The van der Waals surface area contributed by atoms with Gasteiger partial charge in [0.25, 0.3) is 0 Å². The number of nitrogens with one attached hydrogen (secondary N) is 1. The molecule has 19 heavy (non-hydrogen) atoms. The Bertz CT molecular complexity index is 598. The van der Waals surface area contributed by atoms with Gasteiger partial charge in [0.2, 0.25) is 11.8 Å². The number of aromatic nitrogens is 3. The Morgan fingerprint density at radius 3 is 2.63 bits per heavy atom. The van der Waals surface area contributed by atoms with Crippen LogP contribution in [0.2, 0.25) is 10.0 Å². The van der Waals surface area contributed by atoms with E-state index < -0.39 is 0 Å². The number of ether oxygens (including phenoxy) is 1. The van der Waals surface area contributed by atoms with Crippen LogP contribution in [-0.4, -0.2) is 21.3 Å². The number of aryl methyl sites for hydroxylation is 2. The van der Waals surface area contributed by atoms with Crippen molar-refractivity contribution in [3.63, 3.8) is 0 Å². The molecule has 0 atom stereocenters. The second-order valence-corrected chi connectivity index (χ2v) is 4.80. The predicted molar refractivity (Wildman–Crippen MR) is 76.4 cm³/mol. The predicted octanol–water partition coefficient (Wildman–Crippen LogP) is 3.65. The molecule has 0 unspecified atom stereocenters. The van der Waals surface area contributed by atoms with Gasteiger partial charge >= 0.3 is 0 Å². The van der Waals surface area contributed by atoms with Crippen molar-refractivity contribution >= 4 is 29.0 Å². The maximum absolute atomic E-state index is 6.08. The molecule has 0 aliphatic rings. The maximum atomic E-state index is 6.08. The fourth-order valence-electron chi connectivity index (χ4n) is 1.59. The van der Waals surface area contributed by atoms with E-state index in [9.17, 15) is 0 Å². The van der Waals surface area contributed by atoms with Gasteiger partial charge in [-0.3, -0.25) is 0 Å². The highest BCUT2D eigenvalue weighted by atomic mass is 35.5. The number of halogens is 2. The summed E-state index contributed by atoms with van der Waals surface area (Å²) in [6.07, 6.45) is 0. The largest absolute Gasteiger partial charge is 0.419 e. The van der Waals surface area contributed by atoms with Crippen molar-refractivity contribution in [2.45, 2.75) is 13.8 Å². The van der Waals surface area contributed by atoms with E-state index in [4.69, 9.17) is 27.9 Å². The van der Waals surface area contributed by atoms with Gasteiger partial charge in [-0.15, -0.1) is 0 Å². The second-order valence-electron chi connectivity index (χ2n) is 3.99. The van der Waals surface area contributed by atoms with E-state index in [1.807, 2.05) is 13.8 Å². The number of hydrogen-bond acceptors (Lipinski definition) is 4. The van der Waals surface area contributed by atoms with Crippen molar-refractivity contribution in [1.29, 1.82) is 0 Å². The van der Waals surface area contributed by atoms with Crippen LogP contribution >= 0.6 is 23.2 Å². The van der Waals surface area contributed by atoms with E-state index in [1.165, 1.54) is 0 Å². The van der Waals surface area contributed by atoms with Gasteiger partial charge < -0.3 is 10.1 Å². The van der Waals surface area contributed by atoms with E-state index in [0.717, 1.165) is 5.69 Å². The molecule has 0 fully saturated rings. The van der Waals surface area contributed by atoms with Crippen LogP contribution in [0.4, 0.5) is 5.82 Å². The molecule has 1 N–H and O–H groups in total. The first-order valence-electron chi connectivity index (χ1n) is 5.79. The number of anilines is 1. The minimum absolute atomic E-state index is 0.296. The van der Waals surface area contributed by atoms with Gasteiger partial charge in [0, 0.05) is 19.7 Å². The highest BCUT2D eigenvalue weighted by Crippen LogP contribution is 2.33. The summed E-state index contributed by atoms with van der Waals surface area (Å²) in [6.45, 7) is 4.55. The molecule has 2 rings (SSSR count). The number of nitrogens with zero attached hydrogens (tertiary/aromatic N) is 3. The molecule has 0 aliphatic heterocycles. The molecule has 0 aliphatic carbocycles. The molecule has 0 saturated heterocycles. The monoisotopic (exact) mass is 300 g/mol. The Kier molecular flexibility index (Phi) is 4.17. The molecule has 0 saturated carbocycles. The van der Waals surface area contributed by atoms with Crippen molar-refractivity contribution in [3.8, 4) is 11.8 Å². The smallest absolute Gasteiger partial charge is 0.242 e. The molecular formula is C12H14Cl2N4O. The number of hydrogen-bond donors (Lipinski definition) is 1. The average Bonchev–Trinajstić information content (AvgIpc) is 2.64. The summed E-state index contributed by atoms with van der Waals surface area (Å²) in [5.41, 5.74) is 0.856. The number of rotatable bonds is 4.